The minimum atomic E-state index is -0.499. The van der Waals surface area contributed by atoms with Crippen molar-refractivity contribution in [3.8, 4) is 17.3 Å². The van der Waals surface area contributed by atoms with Crippen LogP contribution in [0.4, 0.5) is 10.2 Å². The van der Waals surface area contributed by atoms with E-state index in [4.69, 9.17) is 16.3 Å². The molecule has 3 aliphatic heterocycles. The Kier molecular flexibility index (Phi) is 8.27. The Morgan fingerprint density at radius 3 is 2.93 bits per heavy atom. The van der Waals surface area contributed by atoms with E-state index in [2.05, 4.69) is 39.4 Å². The molecule has 0 bridgehead atoms. The first-order valence-electron chi connectivity index (χ1n) is 14.4. The number of rotatable bonds is 7. The highest BCUT2D eigenvalue weighted by Gasteiger charge is 2.34. The van der Waals surface area contributed by atoms with Gasteiger partial charge in [-0.1, -0.05) is 18.7 Å². The van der Waals surface area contributed by atoms with Crippen LogP contribution in [0.15, 0.2) is 41.9 Å². The number of likely N-dealkylation sites (tertiary alicyclic amines) is 1. The molecule has 2 saturated heterocycles. The SMILES string of the molecule is [C-]#[N+]C[C@H]1CN(c2nc(OC[C@@H]3CCCN3C)nc3c(F)c(-c4cccc5c4CCCS5)ncc23)CCN1C(=O)C=C. The fraction of sp³-hybridized carbons (Fsp3) is 0.452. The van der Waals surface area contributed by atoms with E-state index >= 15 is 4.39 Å². The molecule has 9 nitrogen and oxygen atoms in total. The van der Waals surface area contributed by atoms with Crippen LogP contribution in [0.1, 0.15) is 24.8 Å². The zero-order valence-electron chi connectivity index (χ0n) is 23.8. The predicted molar refractivity (Wildman–Crippen MR) is 162 cm³/mol. The Morgan fingerprint density at radius 2 is 2.14 bits per heavy atom. The van der Waals surface area contributed by atoms with Gasteiger partial charge >= 0.3 is 6.01 Å². The number of benzene rings is 1. The zero-order valence-corrected chi connectivity index (χ0v) is 24.6. The number of carbonyl (C=O) groups is 1. The average Bonchev–Trinajstić information content (AvgIpc) is 3.44. The average molecular weight is 588 g/mol. The quantitative estimate of drug-likeness (QED) is 0.296. The molecule has 0 N–H and O–H groups in total. The Balaban J connectivity index is 1.42. The van der Waals surface area contributed by atoms with Crippen molar-refractivity contribution in [2.45, 2.75) is 42.7 Å². The molecule has 3 aliphatic rings. The fourth-order valence-electron chi connectivity index (χ4n) is 6.20. The number of amides is 1. The molecule has 0 spiro atoms. The molecular formula is C31H34FN7O2S. The number of nitrogens with zero attached hydrogens (tertiary/aromatic N) is 7. The van der Waals surface area contributed by atoms with Crippen molar-refractivity contribution in [3.63, 3.8) is 0 Å². The molecule has 218 valence electrons. The first-order valence-corrected chi connectivity index (χ1v) is 15.4. The number of carbonyl (C=O) groups excluding carboxylic acids is 1. The van der Waals surface area contributed by atoms with Crippen molar-refractivity contribution in [1.29, 1.82) is 0 Å². The number of halogens is 1. The van der Waals surface area contributed by atoms with E-state index in [1.54, 1.807) is 22.9 Å². The number of piperazine rings is 1. The normalized spacial score (nSPS) is 20.8. The van der Waals surface area contributed by atoms with Crippen LogP contribution in [-0.4, -0.2) is 94.9 Å². The summed E-state index contributed by atoms with van der Waals surface area (Å²) in [5.41, 5.74) is 2.36. The maximum atomic E-state index is 16.5. The summed E-state index contributed by atoms with van der Waals surface area (Å²) in [7, 11) is 2.08. The van der Waals surface area contributed by atoms with E-state index < -0.39 is 5.82 Å². The van der Waals surface area contributed by atoms with Gasteiger partial charge in [0.1, 0.15) is 29.7 Å². The number of hydrogen-bond acceptors (Lipinski definition) is 8. The minimum Gasteiger partial charge on any atom is -0.462 e. The smallest absolute Gasteiger partial charge is 0.319 e. The van der Waals surface area contributed by atoms with Gasteiger partial charge in [-0.25, -0.2) is 11.0 Å². The van der Waals surface area contributed by atoms with E-state index in [0.717, 1.165) is 49.1 Å². The van der Waals surface area contributed by atoms with Crippen molar-refractivity contribution < 1.29 is 13.9 Å². The summed E-state index contributed by atoms with van der Waals surface area (Å²) < 4.78 is 22.7. The van der Waals surface area contributed by atoms with Gasteiger partial charge in [0.25, 0.3) is 0 Å². The Morgan fingerprint density at radius 1 is 1.26 bits per heavy atom. The Labute approximate surface area is 249 Å². The third-order valence-electron chi connectivity index (χ3n) is 8.48. The number of anilines is 1. The largest absolute Gasteiger partial charge is 0.462 e. The van der Waals surface area contributed by atoms with Gasteiger partial charge in [0.05, 0.1) is 5.39 Å². The summed E-state index contributed by atoms with van der Waals surface area (Å²) >= 11 is 1.80. The summed E-state index contributed by atoms with van der Waals surface area (Å²) in [4.78, 5) is 37.2. The van der Waals surface area contributed by atoms with Crippen molar-refractivity contribution in [2.75, 3.05) is 57.0 Å². The van der Waals surface area contributed by atoms with Gasteiger partial charge in [0.2, 0.25) is 12.5 Å². The van der Waals surface area contributed by atoms with Gasteiger partial charge in [-0.05, 0) is 62.7 Å². The van der Waals surface area contributed by atoms with E-state index in [1.165, 1.54) is 11.0 Å². The van der Waals surface area contributed by atoms with Crippen molar-refractivity contribution in [3.05, 3.63) is 59.8 Å². The monoisotopic (exact) mass is 587 g/mol. The predicted octanol–water partition coefficient (Wildman–Crippen LogP) is 4.46. The van der Waals surface area contributed by atoms with E-state index in [-0.39, 0.29) is 41.8 Å². The van der Waals surface area contributed by atoms with Crippen LogP contribution in [0.3, 0.4) is 0 Å². The molecule has 2 fully saturated rings. The fourth-order valence-corrected chi connectivity index (χ4v) is 7.27. The lowest BCUT2D eigenvalue weighted by Crippen LogP contribution is -2.56. The van der Waals surface area contributed by atoms with Crippen LogP contribution >= 0.6 is 11.8 Å². The number of aromatic nitrogens is 3. The third-order valence-corrected chi connectivity index (χ3v) is 9.67. The van der Waals surface area contributed by atoms with Crippen LogP contribution in [0, 0.1) is 12.4 Å². The number of hydrogen-bond donors (Lipinski definition) is 0. The molecule has 0 saturated carbocycles. The summed E-state index contributed by atoms with van der Waals surface area (Å²) in [6.45, 7) is 13.8. The van der Waals surface area contributed by atoms with Crippen molar-refractivity contribution in [1.82, 2.24) is 24.8 Å². The molecule has 2 aromatic heterocycles. The number of thioether (sulfide) groups is 1. The van der Waals surface area contributed by atoms with E-state index in [0.29, 0.717) is 37.4 Å². The first-order chi connectivity index (χ1) is 20.5. The lowest BCUT2D eigenvalue weighted by atomic mass is 9.99. The molecule has 3 aromatic rings. The molecule has 5 heterocycles. The van der Waals surface area contributed by atoms with Gasteiger partial charge in [-0.3, -0.25) is 9.78 Å². The topological polar surface area (TPSA) is 79.1 Å². The van der Waals surface area contributed by atoms with Gasteiger partial charge in [-0.15, -0.1) is 11.8 Å². The van der Waals surface area contributed by atoms with Gasteiger partial charge in [0.15, 0.2) is 5.82 Å². The molecule has 6 rings (SSSR count). The summed E-state index contributed by atoms with van der Waals surface area (Å²) in [5, 5.41) is 0.478. The Bertz CT molecular complexity index is 1560. The maximum absolute atomic E-state index is 16.5. The van der Waals surface area contributed by atoms with Crippen LogP contribution < -0.4 is 9.64 Å². The highest BCUT2D eigenvalue weighted by molar-refractivity contribution is 7.99. The lowest BCUT2D eigenvalue weighted by molar-refractivity contribution is -0.128. The number of ether oxygens (including phenoxy) is 1. The second kappa shape index (κ2) is 12.2. The van der Waals surface area contributed by atoms with Crippen LogP contribution in [0.5, 0.6) is 6.01 Å². The minimum absolute atomic E-state index is 0.117. The number of fused-ring (bicyclic) bond motifs is 2. The van der Waals surface area contributed by atoms with Crippen LogP contribution in [0.25, 0.3) is 27.0 Å². The first kappa shape index (κ1) is 28.4. The Hall–Kier alpha value is -3.75. The molecule has 1 amide bonds. The van der Waals surface area contributed by atoms with Crippen LogP contribution in [-0.2, 0) is 11.2 Å². The van der Waals surface area contributed by atoms with Gasteiger partial charge in [-0.2, -0.15) is 9.97 Å². The lowest BCUT2D eigenvalue weighted by Gasteiger charge is -2.39. The third kappa shape index (κ3) is 5.41. The highest BCUT2D eigenvalue weighted by Crippen LogP contribution is 2.39. The van der Waals surface area contributed by atoms with Crippen LogP contribution in [0.2, 0.25) is 0 Å². The molecular weight excluding hydrogens is 553 g/mol. The zero-order chi connectivity index (χ0) is 29.2. The van der Waals surface area contributed by atoms with Crippen molar-refractivity contribution in [2.24, 2.45) is 0 Å². The summed E-state index contributed by atoms with van der Waals surface area (Å²) in [6.07, 6.45) is 6.97. The molecule has 2 atom stereocenters. The molecule has 0 radical (unpaired) electrons. The van der Waals surface area contributed by atoms with Crippen molar-refractivity contribution >= 4 is 34.4 Å². The molecule has 1 aromatic carbocycles. The molecule has 42 heavy (non-hydrogen) atoms. The van der Waals surface area contributed by atoms with Gasteiger partial charge in [0, 0.05) is 42.3 Å². The molecule has 0 aliphatic carbocycles. The van der Waals surface area contributed by atoms with E-state index in [9.17, 15) is 4.79 Å². The standard InChI is InChI=1S/C31H34FN7O2S/c1-4-26(40)39-14-13-38(18-21(39)16-33-2)30-24-17-34-28(23-9-5-11-25-22(23)10-7-15-42-25)27(32)29(24)35-31(36-30)41-19-20-8-6-12-37(20)3/h4-5,9,11,17,20-21H,1,6-8,10,12-16,18-19H2,3H3/t20-,21-/m0/s1. The summed E-state index contributed by atoms with van der Waals surface area (Å²) in [5.74, 6) is 0.847. The van der Waals surface area contributed by atoms with E-state index in [1.807, 2.05) is 17.0 Å². The van der Waals surface area contributed by atoms with Gasteiger partial charge < -0.3 is 24.3 Å². The summed E-state index contributed by atoms with van der Waals surface area (Å²) in [6, 6.07) is 5.99. The number of pyridine rings is 1. The number of likely N-dealkylation sites (N-methyl/N-ethyl adjacent to an activating group) is 1. The molecule has 11 heteroatoms. The highest BCUT2D eigenvalue weighted by atomic mass is 32.2. The maximum Gasteiger partial charge on any atom is 0.319 e. The molecule has 0 unspecified atom stereocenters. The second-order valence-corrected chi connectivity index (χ2v) is 12.1. The second-order valence-electron chi connectivity index (χ2n) is 11.0.